The summed E-state index contributed by atoms with van der Waals surface area (Å²) < 4.78 is 1.85. The maximum absolute atomic E-state index is 8.98. The number of halogens is 2. The van der Waals surface area contributed by atoms with Crippen molar-refractivity contribution >= 4 is 31.9 Å². The molecule has 0 radical (unpaired) electrons. The van der Waals surface area contributed by atoms with Gasteiger partial charge in [-0.1, -0.05) is 0 Å². The van der Waals surface area contributed by atoms with Gasteiger partial charge in [0.25, 0.3) is 0 Å². The van der Waals surface area contributed by atoms with Crippen LogP contribution < -0.4 is 5.73 Å². The third kappa shape index (κ3) is 3.52. The Morgan fingerprint density at radius 2 is 2.20 bits per heavy atom. The van der Waals surface area contributed by atoms with Gasteiger partial charge in [-0.3, -0.25) is 4.98 Å². The average molecular weight is 338 g/mol. The summed E-state index contributed by atoms with van der Waals surface area (Å²) in [5, 5.41) is 8.98. The van der Waals surface area contributed by atoms with Gasteiger partial charge >= 0.3 is 0 Å². The van der Waals surface area contributed by atoms with Crippen LogP contribution in [-0.2, 0) is 0 Å². The number of rotatable bonds is 4. The van der Waals surface area contributed by atoms with E-state index >= 15 is 0 Å². The molecule has 0 aromatic carbocycles. The smallest absolute Gasteiger partial charge is 0.0593 e. The van der Waals surface area contributed by atoms with Crippen LogP contribution in [0.15, 0.2) is 21.2 Å². The highest BCUT2D eigenvalue weighted by molar-refractivity contribution is 9.11. The molecule has 0 spiro atoms. The van der Waals surface area contributed by atoms with Gasteiger partial charge in [-0.15, -0.1) is 0 Å². The van der Waals surface area contributed by atoms with Gasteiger partial charge in [0.2, 0.25) is 0 Å². The molecule has 1 rings (SSSR count). The molecule has 0 aliphatic heterocycles. The van der Waals surface area contributed by atoms with Gasteiger partial charge in [0.15, 0.2) is 0 Å². The van der Waals surface area contributed by atoms with E-state index in [0.717, 1.165) is 14.6 Å². The summed E-state index contributed by atoms with van der Waals surface area (Å²) in [6.45, 7) is 2.05. The minimum absolute atomic E-state index is 0.0258. The van der Waals surface area contributed by atoms with E-state index in [4.69, 9.17) is 10.8 Å². The third-order valence-electron chi connectivity index (χ3n) is 2.26. The molecule has 0 saturated heterocycles. The van der Waals surface area contributed by atoms with E-state index in [2.05, 4.69) is 36.8 Å². The van der Waals surface area contributed by atoms with Crippen LogP contribution in [0.2, 0.25) is 0 Å². The van der Waals surface area contributed by atoms with Gasteiger partial charge in [-0.05, 0) is 51.3 Å². The number of nitrogens with two attached hydrogens (primary N) is 1. The topological polar surface area (TPSA) is 59.1 Å². The predicted octanol–water partition coefficient (Wildman–Crippen LogP) is 2.42. The molecule has 1 aromatic heterocycles. The fourth-order valence-corrected chi connectivity index (χ4v) is 2.77. The first-order chi connectivity index (χ1) is 7.06. The highest BCUT2D eigenvalue weighted by Gasteiger charge is 2.19. The first kappa shape index (κ1) is 13.1. The van der Waals surface area contributed by atoms with Crippen molar-refractivity contribution in [2.75, 3.05) is 6.61 Å². The monoisotopic (exact) mass is 336 g/mol. The fraction of sp³-hybridized carbons (Fsp3) is 0.500. The standard InChI is InChI=1S/C10H14Br2N2O/c1-6(13)8(2-3-15)10-9(12)4-7(11)5-14-10/h4-6,8,15H,2-3,13H2,1H3. The van der Waals surface area contributed by atoms with Gasteiger partial charge in [0.1, 0.15) is 0 Å². The molecule has 1 aromatic rings. The second kappa shape index (κ2) is 5.94. The molecule has 5 heteroatoms. The summed E-state index contributed by atoms with van der Waals surface area (Å²) in [5.41, 5.74) is 6.78. The summed E-state index contributed by atoms with van der Waals surface area (Å²) in [6.07, 6.45) is 2.37. The molecule has 2 unspecified atom stereocenters. The molecule has 0 fully saturated rings. The molecular weight excluding hydrogens is 324 g/mol. The highest BCUT2D eigenvalue weighted by Crippen LogP contribution is 2.29. The number of nitrogens with zero attached hydrogens (tertiary/aromatic N) is 1. The lowest BCUT2D eigenvalue weighted by Gasteiger charge is -2.20. The van der Waals surface area contributed by atoms with Crippen molar-refractivity contribution in [2.45, 2.75) is 25.3 Å². The van der Waals surface area contributed by atoms with Crippen molar-refractivity contribution in [3.05, 3.63) is 26.9 Å². The van der Waals surface area contributed by atoms with Crippen molar-refractivity contribution in [1.29, 1.82) is 0 Å². The Balaban J connectivity index is 3.00. The van der Waals surface area contributed by atoms with E-state index in [1.54, 1.807) is 6.20 Å². The second-order valence-corrected chi connectivity index (χ2v) is 5.27. The molecule has 0 aliphatic rings. The van der Waals surface area contributed by atoms with E-state index in [1.165, 1.54) is 0 Å². The quantitative estimate of drug-likeness (QED) is 0.887. The highest BCUT2D eigenvalue weighted by atomic mass is 79.9. The summed E-state index contributed by atoms with van der Waals surface area (Å²) in [6, 6.07) is 1.91. The number of hydrogen-bond donors (Lipinski definition) is 2. The molecule has 84 valence electrons. The molecule has 3 nitrogen and oxygen atoms in total. The van der Waals surface area contributed by atoms with Crippen LogP contribution in [0.5, 0.6) is 0 Å². The minimum Gasteiger partial charge on any atom is -0.396 e. The Kier molecular flexibility index (Phi) is 5.18. The maximum Gasteiger partial charge on any atom is 0.0593 e. The molecule has 15 heavy (non-hydrogen) atoms. The SMILES string of the molecule is CC(N)C(CCO)c1ncc(Br)cc1Br. The Morgan fingerprint density at radius 3 is 2.67 bits per heavy atom. The number of aromatic nitrogens is 1. The van der Waals surface area contributed by atoms with Crippen LogP contribution in [0.25, 0.3) is 0 Å². The number of aliphatic hydroxyl groups is 1. The zero-order chi connectivity index (χ0) is 11.4. The Labute approximate surface area is 106 Å². The van der Waals surface area contributed by atoms with Crippen molar-refractivity contribution in [2.24, 2.45) is 5.73 Å². The first-order valence-electron chi connectivity index (χ1n) is 4.73. The van der Waals surface area contributed by atoms with Crippen molar-refractivity contribution < 1.29 is 5.11 Å². The van der Waals surface area contributed by atoms with E-state index in [9.17, 15) is 0 Å². The summed E-state index contributed by atoms with van der Waals surface area (Å²) in [7, 11) is 0. The molecule has 3 N–H and O–H groups in total. The lowest BCUT2D eigenvalue weighted by Crippen LogP contribution is -2.26. The largest absolute Gasteiger partial charge is 0.396 e. The fourth-order valence-electron chi connectivity index (χ4n) is 1.49. The minimum atomic E-state index is -0.0258. The molecule has 2 atom stereocenters. The number of hydrogen-bond acceptors (Lipinski definition) is 3. The Morgan fingerprint density at radius 1 is 1.53 bits per heavy atom. The summed E-state index contributed by atoms with van der Waals surface area (Å²) in [5.74, 6) is 0.0810. The van der Waals surface area contributed by atoms with Crippen LogP contribution in [0.3, 0.4) is 0 Å². The van der Waals surface area contributed by atoms with Crippen molar-refractivity contribution in [1.82, 2.24) is 4.98 Å². The van der Waals surface area contributed by atoms with Crippen molar-refractivity contribution in [3.63, 3.8) is 0 Å². The molecule has 0 aliphatic carbocycles. The maximum atomic E-state index is 8.98. The molecular formula is C10H14Br2N2O. The molecule has 0 bridgehead atoms. The lowest BCUT2D eigenvalue weighted by atomic mass is 9.94. The zero-order valence-corrected chi connectivity index (χ0v) is 11.6. The first-order valence-corrected chi connectivity index (χ1v) is 6.32. The van der Waals surface area contributed by atoms with Crippen LogP contribution in [0, 0.1) is 0 Å². The number of pyridine rings is 1. The van der Waals surface area contributed by atoms with Crippen LogP contribution >= 0.6 is 31.9 Å². The zero-order valence-electron chi connectivity index (χ0n) is 8.45. The van der Waals surface area contributed by atoms with Gasteiger partial charge in [0, 0.05) is 33.7 Å². The third-order valence-corrected chi connectivity index (χ3v) is 3.33. The van der Waals surface area contributed by atoms with Crippen LogP contribution in [0.1, 0.15) is 25.0 Å². The lowest BCUT2D eigenvalue weighted by molar-refractivity contribution is 0.267. The molecule has 0 saturated carbocycles. The second-order valence-electron chi connectivity index (χ2n) is 3.50. The van der Waals surface area contributed by atoms with E-state index < -0.39 is 0 Å². The van der Waals surface area contributed by atoms with Gasteiger partial charge < -0.3 is 10.8 Å². The summed E-state index contributed by atoms with van der Waals surface area (Å²) >= 11 is 6.80. The van der Waals surface area contributed by atoms with Crippen molar-refractivity contribution in [3.8, 4) is 0 Å². The average Bonchev–Trinajstić information content (AvgIpc) is 2.15. The molecule has 1 heterocycles. The Hall–Kier alpha value is 0.0300. The van der Waals surface area contributed by atoms with Gasteiger partial charge in [-0.25, -0.2) is 0 Å². The predicted molar refractivity (Wildman–Crippen MR) is 67.7 cm³/mol. The Bertz CT molecular complexity index is 331. The van der Waals surface area contributed by atoms with Gasteiger partial charge in [0.05, 0.1) is 5.69 Å². The summed E-state index contributed by atoms with van der Waals surface area (Å²) in [4.78, 5) is 4.33. The van der Waals surface area contributed by atoms with Crippen LogP contribution in [0.4, 0.5) is 0 Å². The molecule has 0 amide bonds. The van der Waals surface area contributed by atoms with Gasteiger partial charge in [-0.2, -0.15) is 0 Å². The number of aliphatic hydroxyl groups excluding tert-OH is 1. The van der Waals surface area contributed by atoms with E-state index in [1.807, 2.05) is 13.0 Å². The van der Waals surface area contributed by atoms with E-state index in [-0.39, 0.29) is 18.6 Å². The van der Waals surface area contributed by atoms with E-state index in [0.29, 0.717) is 6.42 Å². The normalized spacial score (nSPS) is 15.0. The van der Waals surface area contributed by atoms with Crippen LogP contribution in [-0.4, -0.2) is 22.7 Å².